The molecule has 0 radical (unpaired) electrons. The van der Waals surface area contributed by atoms with Gasteiger partial charge >= 0.3 is 5.97 Å². The molecule has 0 bridgehead atoms. The van der Waals surface area contributed by atoms with Crippen molar-refractivity contribution in [2.75, 3.05) is 0 Å². The molecule has 4 aromatic carbocycles. The number of amides is 1. The van der Waals surface area contributed by atoms with Gasteiger partial charge in [0, 0.05) is 8.99 Å². The lowest BCUT2D eigenvalue weighted by Crippen LogP contribution is -2.25. The van der Waals surface area contributed by atoms with Gasteiger partial charge in [-0.25, -0.2) is 10.2 Å². The van der Waals surface area contributed by atoms with E-state index in [-0.39, 0.29) is 17.2 Å². The Morgan fingerprint density at radius 3 is 2.03 bits per heavy atom. The molecule has 0 aromatic heterocycles. The van der Waals surface area contributed by atoms with Crippen LogP contribution in [0.1, 0.15) is 33.5 Å². The van der Waals surface area contributed by atoms with E-state index in [1.807, 2.05) is 48.5 Å². The van der Waals surface area contributed by atoms with Crippen molar-refractivity contribution in [1.82, 2.24) is 5.43 Å². The minimum absolute atomic E-state index is 0.109. The lowest BCUT2D eigenvalue weighted by atomic mass is 9.85. The quantitative estimate of drug-likeness (QED) is 0.0955. The van der Waals surface area contributed by atoms with Gasteiger partial charge < -0.3 is 4.74 Å². The molecule has 1 N–H and O–H groups in total. The van der Waals surface area contributed by atoms with Gasteiger partial charge in [-0.05, 0) is 82.1 Å². The van der Waals surface area contributed by atoms with Crippen LogP contribution in [0, 0.1) is 9.49 Å². The highest BCUT2D eigenvalue weighted by atomic mass is 127. The first-order valence-corrected chi connectivity index (χ1v) is 12.7. The third-order valence-corrected chi connectivity index (χ3v) is 7.37. The zero-order valence-electron chi connectivity index (χ0n) is 19.3. The predicted octanol–water partition coefficient (Wildman–Crippen LogP) is 5.97. The van der Waals surface area contributed by atoms with Crippen LogP contribution in [0.5, 0.6) is 5.75 Å². The van der Waals surface area contributed by atoms with Gasteiger partial charge in [0.1, 0.15) is 5.75 Å². The smallest absolute Gasteiger partial charge is 0.344 e. The molecule has 178 valence electrons. The highest BCUT2D eigenvalue weighted by Gasteiger charge is 2.60. The molecule has 5 rings (SSSR count). The SMILES string of the molecule is O=C(Oc1ccc(/C=N\NC(=O)[C@H]2CC2(c2ccccc2)c2ccccc2)cc1)c1ccccc1I. The van der Waals surface area contributed by atoms with Gasteiger partial charge in [0.2, 0.25) is 5.91 Å². The van der Waals surface area contributed by atoms with Crippen LogP contribution in [-0.4, -0.2) is 18.1 Å². The summed E-state index contributed by atoms with van der Waals surface area (Å²) in [5.74, 6) is -0.267. The molecule has 1 amide bonds. The molecule has 1 aliphatic carbocycles. The van der Waals surface area contributed by atoms with Crippen LogP contribution >= 0.6 is 22.6 Å². The average molecular weight is 586 g/mol. The van der Waals surface area contributed by atoms with Gasteiger partial charge in [0.15, 0.2) is 0 Å². The summed E-state index contributed by atoms with van der Waals surface area (Å²) in [5.41, 5.74) is 5.94. The summed E-state index contributed by atoms with van der Waals surface area (Å²) < 4.78 is 6.30. The zero-order chi connectivity index (χ0) is 25.0. The van der Waals surface area contributed by atoms with Crippen LogP contribution < -0.4 is 10.2 Å². The number of rotatable bonds is 7. The molecule has 0 spiro atoms. The number of nitrogens with zero attached hydrogens (tertiary/aromatic N) is 1. The number of carbonyl (C=O) groups is 2. The van der Waals surface area contributed by atoms with Crippen molar-refractivity contribution < 1.29 is 14.3 Å². The highest BCUT2D eigenvalue weighted by Crippen LogP contribution is 2.58. The third-order valence-electron chi connectivity index (χ3n) is 6.43. The predicted molar refractivity (Wildman–Crippen MR) is 148 cm³/mol. The van der Waals surface area contributed by atoms with Crippen LogP contribution in [0.25, 0.3) is 0 Å². The summed E-state index contributed by atoms with van der Waals surface area (Å²) in [6, 6.07) is 34.6. The molecule has 0 saturated heterocycles. The Hall–Kier alpha value is -3.78. The Kier molecular flexibility index (Phi) is 6.95. The van der Waals surface area contributed by atoms with Crippen molar-refractivity contribution in [2.45, 2.75) is 11.8 Å². The van der Waals surface area contributed by atoms with Crippen molar-refractivity contribution in [2.24, 2.45) is 11.0 Å². The molecule has 0 unspecified atom stereocenters. The Balaban J connectivity index is 1.22. The molecule has 4 aromatic rings. The first kappa shape index (κ1) is 23.9. The number of benzene rings is 4. The Labute approximate surface area is 223 Å². The van der Waals surface area contributed by atoms with E-state index in [0.29, 0.717) is 11.3 Å². The lowest BCUT2D eigenvalue weighted by Gasteiger charge is -2.18. The zero-order valence-corrected chi connectivity index (χ0v) is 21.5. The molecule has 6 heteroatoms. The molecule has 1 fully saturated rings. The Bertz CT molecular complexity index is 1360. The molecular formula is C30H23IN2O3. The monoisotopic (exact) mass is 586 g/mol. The summed E-state index contributed by atoms with van der Waals surface area (Å²) in [4.78, 5) is 25.4. The first-order chi connectivity index (χ1) is 17.6. The molecule has 5 nitrogen and oxygen atoms in total. The third kappa shape index (κ3) is 4.95. The van der Waals surface area contributed by atoms with Crippen molar-refractivity contribution in [1.29, 1.82) is 0 Å². The maximum Gasteiger partial charge on any atom is 0.344 e. The van der Waals surface area contributed by atoms with E-state index in [0.717, 1.165) is 26.7 Å². The van der Waals surface area contributed by atoms with E-state index < -0.39 is 5.97 Å². The standard InChI is InChI=1S/C30H23IN2O3/c31-27-14-8-7-13-25(27)29(35)36-24-17-15-21(16-18-24)20-32-33-28(34)26-19-30(26,22-9-3-1-4-10-22)23-11-5-2-6-12-23/h1-18,20,26H,19H2,(H,33,34)/b32-20-/t26-/m1/s1. The summed E-state index contributed by atoms with van der Waals surface area (Å²) in [6.07, 6.45) is 2.32. The number of hydrogen-bond acceptors (Lipinski definition) is 4. The summed E-state index contributed by atoms with van der Waals surface area (Å²) in [7, 11) is 0. The summed E-state index contributed by atoms with van der Waals surface area (Å²) in [6.45, 7) is 0. The molecule has 1 atom stereocenters. The van der Waals surface area contributed by atoms with E-state index in [9.17, 15) is 9.59 Å². The summed E-state index contributed by atoms with van der Waals surface area (Å²) >= 11 is 2.11. The highest BCUT2D eigenvalue weighted by molar-refractivity contribution is 14.1. The number of hydrogen-bond donors (Lipinski definition) is 1. The number of carbonyl (C=O) groups excluding carboxylic acids is 2. The fourth-order valence-corrected chi connectivity index (χ4v) is 5.12. The van der Waals surface area contributed by atoms with Crippen molar-refractivity contribution in [3.05, 3.63) is 135 Å². The topological polar surface area (TPSA) is 67.8 Å². The molecule has 0 heterocycles. The fourth-order valence-electron chi connectivity index (χ4n) is 4.51. The minimum atomic E-state index is -0.404. The Morgan fingerprint density at radius 2 is 1.42 bits per heavy atom. The molecule has 0 aliphatic heterocycles. The average Bonchev–Trinajstić information content (AvgIpc) is 3.68. The number of nitrogens with one attached hydrogen (secondary N) is 1. The normalized spacial score (nSPS) is 15.9. The van der Waals surface area contributed by atoms with Crippen LogP contribution in [0.3, 0.4) is 0 Å². The number of ether oxygens (including phenoxy) is 1. The van der Waals surface area contributed by atoms with Gasteiger partial charge in [0.05, 0.1) is 17.7 Å². The Morgan fingerprint density at radius 1 is 0.833 bits per heavy atom. The molecule has 36 heavy (non-hydrogen) atoms. The molecule has 1 aliphatic rings. The van der Waals surface area contributed by atoms with Crippen molar-refractivity contribution in [3.8, 4) is 5.75 Å². The second-order valence-electron chi connectivity index (χ2n) is 8.63. The van der Waals surface area contributed by atoms with Gasteiger partial charge in [0.25, 0.3) is 0 Å². The number of hydrazone groups is 1. The minimum Gasteiger partial charge on any atom is -0.423 e. The van der Waals surface area contributed by atoms with Crippen LogP contribution in [0.2, 0.25) is 0 Å². The van der Waals surface area contributed by atoms with Crippen LogP contribution in [0.4, 0.5) is 0 Å². The number of halogens is 1. The fraction of sp³-hybridized carbons (Fsp3) is 0.100. The van der Waals surface area contributed by atoms with Gasteiger partial charge in [-0.15, -0.1) is 0 Å². The van der Waals surface area contributed by atoms with E-state index >= 15 is 0 Å². The maximum atomic E-state index is 13.0. The largest absolute Gasteiger partial charge is 0.423 e. The maximum absolute atomic E-state index is 13.0. The van der Waals surface area contributed by atoms with E-state index in [2.05, 4.69) is 57.4 Å². The van der Waals surface area contributed by atoms with Crippen molar-refractivity contribution in [3.63, 3.8) is 0 Å². The second kappa shape index (κ2) is 10.5. The van der Waals surface area contributed by atoms with Crippen molar-refractivity contribution >= 4 is 40.7 Å². The van der Waals surface area contributed by atoms with Crippen LogP contribution in [-0.2, 0) is 10.2 Å². The van der Waals surface area contributed by atoms with Gasteiger partial charge in [-0.3, -0.25) is 4.79 Å². The molecular weight excluding hydrogens is 563 g/mol. The second-order valence-corrected chi connectivity index (χ2v) is 9.79. The van der Waals surface area contributed by atoms with Gasteiger partial charge in [-0.1, -0.05) is 72.8 Å². The first-order valence-electron chi connectivity index (χ1n) is 11.6. The lowest BCUT2D eigenvalue weighted by molar-refractivity contribution is -0.122. The number of esters is 1. The van der Waals surface area contributed by atoms with E-state index in [1.54, 1.807) is 42.6 Å². The molecule has 1 saturated carbocycles. The van der Waals surface area contributed by atoms with Gasteiger partial charge in [-0.2, -0.15) is 5.10 Å². The summed E-state index contributed by atoms with van der Waals surface area (Å²) in [5, 5.41) is 4.17. The van der Waals surface area contributed by atoms with Crippen LogP contribution in [0.15, 0.2) is 114 Å². The van der Waals surface area contributed by atoms with E-state index in [1.165, 1.54) is 0 Å². The van der Waals surface area contributed by atoms with E-state index in [4.69, 9.17) is 4.74 Å².